The van der Waals surface area contributed by atoms with Crippen molar-refractivity contribution in [3.05, 3.63) is 35.9 Å². The molecule has 2 aliphatic rings. The molecule has 1 spiro atoms. The Morgan fingerprint density at radius 1 is 1.21 bits per heavy atom. The highest BCUT2D eigenvalue weighted by Gasteiger charge is 2.73. The Bertz CT molecular complexity index is 340. The molecular formula is C13H16O. The Morgan fingerprint density at radius 3 is 2.50 bits per heavy atom. The minimum Gasteiger partial charge on any atom is -0.363 e. The average Bonchev–Trinajstić information content (AvgIpc) is 3.08. The van der Waals surface area contributed by atoms with Crippen LogP contribution in [0.5, 0.6) is 0 Å². The first-order valence-electron chi connectivity index (χ1n) is 5.48. The topological polar surface area (TPSA) is 12.5 Å². The fraction of sp³-hybridized carbons (Fsp3) is 0.538. The first-order chi connectivity index (χ1) is 6.74. The second-order valence-electron chi connectivity index (χ2n) is 4.81. The van der Waals surface area contributed by atoms with E-state index in [1.165, 1.54) is 24.8 Å². The lowest BCUT2D eigenvalue weighted by Crippen LogP contribution is -2.11. The van der Waals surface area contributed by atoms with Crippen molar-refractivity contribution in [3.8, 4) is 0 Å². The molecule has 1 aromatic carbocycles. The van der Waals surface area contributed by atoms with Crippen LogP contribution in [-0.2, 0) is 11.2 Å². The van der Waals surface area contributed by atoms with Crippen molar-refractivity contribution in [2.24, 2.45) is 0 Å². The Labute approximate surface area is 85.1 Å². The summed E-state index contributed by atoms with van der Waals surface area (Å²) >= 11 is 0. The van der Waals surface area contributed by atoms with Crippen molar-refractivity contribution in [2.45, 2.75) is 43.8 Å². The molecular weight excluding hydrogens is 172 g/mol. The summed E-state index contributed by atoms with van der Waals surface area (Å²) in [6, 6.07) is 10.7. The SMILES string of the molecule is CC1(CCc2ccccc2)OC12CC2. The number of benzene rings is 1. The zero-order valence-electron chi connectivity index (χ0n) is 8.62. The van der Waals surface area contributed by atoms with Gasteiger partial charge < -0.3 is 4.74 Å². The molecule has 14 heavy (non-hydrogen) atoms. The first-order valence-corrected chi connectivity index (χ1v) is 5.48. The maximum Gasteiger partial charge on any atom is 0.0979 e. The minimum absolute atomic E-state index is 0.211. The van der Waals surface area contributed by atoms with Crippen LogP contribution < -0.4 is 0 Å². The smallest absolute Gasteiger partial charge is 0.0979 e. The Kier molecular flexibility index (Phi) is 1.58. The molecule has 1 saturated carbocycles. The molecule has 74 valence electrons. The van der Waals surface area contributed by atoms with Crippen LogP contribution in [0.4, 0.5) is 0 Å². The molecule has 1 heteroatoms. The standard InChI is InChI=1S/C13H16O/c1-12(13(14-12)9-10-13)8-7-11-5-3-2-4-6-11/h2-6H,7-10H2,1H3. The monoisotopic (exact) mass is 188 g/mol. The summed E-state index contributed by atoms with van der Waals surface area (Å²) in [7, 11) is 0. The molecule has 0 amide bonds. The van der Waals surface area contributed by atoms with Crippen molar-refractivity contribution in [3.63, 3.8) is 0 Å². The summed E-state index contributed by atoms with van der Waals surface area (Å²) in [6.45, 7) is 2.27. The molecule has 1 aromatic rings. The zero-order valence-corrected chi connectivity index (χ0v) is 8.62. The highest BCUT2D eigenvalue weighted by molar-refractivity contribution is 5.24. The van der Waals surface area contributed by atoms with Crippen molar-refractivity contribution in [1.29, 1.82) is 0 Å². The number of rotatable bonds is 3. The van der Waals surface area contributed by atoms with Gasteiger partial charge in [-0.15, -0.1) is 0 Å². The van der Waals surface area contributed by atoms with Gasteiger partial charge in [0.05, 0.1) is 11.2 Å². The van der Waals surface area contributed by atoms with E-state index in [1.54, 1.807) is 0 Å². The second-order valence-corrected chi connectivity index (χ2v) is 4.81. The van der Waals surface area contributed by atoms with Gasteiger partial charge in [0.1, 0.15) is 0 Å². The zero-order chi connectivity index (χ0) is 9.65. The lowest BCUT2D eigenvalue weighted by atomic mass is 9.97. The van der Waals surface area contributed by atoms with Crippen LogP contribution in [0.3, 0.4) is 0 Å². The molecule has 3 rings (SSSR count). The number of aryl methyl sites for hydroxylation is 1. The van der Waals surface area contributed by atoms with E-state index >= 15 is 0 Å². The predicted molar refractivity (Wildman–Crippen MR) is 56.2 cm³/mol. The van der Waals surface area contributed by atoms with Crippen molar-refractivity contribution in [2.75, 3.05) is 0 Å². The Balaban J connectivity index is 1.60. The fourth-order valence-electron chi connectivity index (χ4n) is 2.46. The first kappa shape index (κ1) is 8.49. The number of hydrogen-bond acceptors (Lipinski definition) is 1. The quantitative estimate of drug-likeness (QED) is 0.664. The molecule has 1 heterocycles. The van der Waals surface area contributed by atoms with Gasteiger partial charge in [-0.2, -0.15) is 0 Å². The Hall–Kier alpha value is -0.820. The van der Waals surface area contributed by atoms with E-state index in [2.05, 4.69) is 37.3 Å². The largest absolute Gasteiger partial charge is 0.363 e. The molecule has 1 nitrogen and oxygen atoms in total. The molecule has 1 unspecified atom stereocenters. The van der Waals surface area contributed by atoms with Gasteiger partial charge in [0.2, 0.25) is 0 Å². The second kappa shape index (κ2) is 2.60. The van der Waals surface area contributed by atoms with Gasteiger partial charge in [-0.1, -0.05) is 30.3 Å². The summed E-state index contributed by atoms with van der Waals surface area (Å²) in [4.78, 5) is 0. The van der Waals surface area contributed by atoms with Crippen LogP contribution in [0, 0.1) is 0 Å². The minimum atomic E-state index is 0.211. The van der Waals surface area contributed by atoms with E-state index in [0.29, 0.717) is 5.60 Å². The lowest BCUT2D eigenvalue weighted by molar-refractivity contribution is 0.293. The van der Waals surface area contributed by atoms with Crippen LogP contribution >= 0.6 is 0 Å². The summed E-state index contributed by atoms with van der Waals surface area (Å²) in [6.07, 6.45) is 4.91. The van der Waals surface area contributed by atoms with E-state index < -0.39 is 0 Å². The van der Waals surface area contributed by atoms with Gasteiger partial charge in [-0.05, 0) is 38.2 Å². The van der Waals surface area contributed by atoms with Gasteiger partial charge in [0, 0.05) is 0 Å². The lowest BCUT2D eigenvalue weighted by Gasteiger charge is -2.05. The van der Waals surface area contributed by atoms with Gasteiger partial charge in [0.25, 0.3) is 0 Å². The molecule has 0 N–H and O–H groups in total. The maximum atomic E-state index is 5.82. The van der Waals surface area contributed by atoms with E-state index in [-0.39, 0.29) is 5.60 Å². The summed E-state index contributed by atoms with van der Waals surface area (Å²) in [5.41, 5.74) is 1.98. The molecule has 2 fully saturated rings. The van der Waals surface area contributed by atoms with Crippen molar-refractivity contribution >= 4 is 0 Å². The average molecular weight is 188 g/mol. The number of epoxide rings is 1. The van der Waals surface area contributed by atoms with Crippen LogP contribution in [0.15, 0.2) is 30.3 Å². The van der Waals surface area contributed by atoms with E-state index in [1.807, 2.05) is 0 Å². The molecule has 1 aliphatic heterocycles. The number of hydrogen-bond donors (Lipinski definition) is 0. The van der Waals surface area contributed by atoms with Crippen LogP contribution in [0.1, 0.15) is 31.7 Å². The predicted octanol–water partition coefficient (Wildman–Crippen LogP) is 2.94. The fourth-order valence-corrected chi connectivity index (χ4v) is 2.46. The summed E-state index contributed by atoms with van der Waals surface area (Å²) < 4.78 is 5.82. The highest BCUT2D eigenvalue weighted by Crippen LogP contribution is 2.66. The number of ether oxygens (including phenoxy) is 1. The molecule has 0 bridgehead atoms. The van der Waals surface area contributed by atoms with E-state index in [4.69, 9.17) is 4.74 Å². The van der Waals surface area contributed by atoms with Gasteiger partial charge >= 0.3 is 0 Å². The molecule has 1 aliphatic carbocycles. The van der Waals surface area contributed by atoms with Gasteiger partial charge in [0.15, 0.2) is 0 Å². The van der Waals surface area contributed by atoms with Crippen LogP contribution in [0.2, 0.25) is 0 Å². The summed E-state index contributed by atoms with van der Waals surface area (Å²) in [5.74, 6) is 0. The van der Waals surface area contributed by atoms with Crippen molar-refractivity contribution in [1.82, 2.24) is 0 Å². The van der Waals surface area contributed by atoms with Gasteiger partial charge in [-0.3, -0.25) is 0 Å². The molecule has 1 saturated heterocycles. The molecule has 1 atom stereocenters. The third-order valence-electron chi connectivity index (χ3n) is 3.78. The molecule has 0 aromatic heterocycles. The normalized spacial score (nSPS) is 31.8. The van der Waals surface area contributed by atoms with E-state index in [0.717, 1.165) is 6.42 Å². The third kappa shape index (κ3) is 1.19. The molecule has 0 radical (unpaired) electrons. The highest BCUT2D eigenvalue weighted by atomic mass is 16.6. The Morgan fingerprint density at radius 2 is 1.93 bits per heavy atom. The van der Waals surface area contributed by atoms with Crippen LogP contribution in [0.25, 0.3) is 0 Å². The van der Waals surface area contributed by atoms with Crippen LogP contribution in [-0.4, -0.2) is 11.2 Å². The van der Waals surface area contributed by atoms with Crippen molar-refractivity contribution < 1.29 is 4.74 Å². The van der Waals surface area contributed by atoms with Gasteiger partial charge in [-0.25, -0.2) is 0 Å². The maximum absolute atomic E-state index is 5.82. The summed E-state index contributed by atoms with van der Waals surface area (Å²) in [5, 5.41) is 0. The third-order valence-corrected chi connectivity index (χ3v) is 3.78. The van der Waals surface area contributed by atoms with E-state index in [9.17, 15) is 0 Å².